The predicted octanol–water partition coefficient (Wildman–Crippen LogP) is 3.54. The molecule has 2 heterocycles. The van der Waals surface area contributed by atoms with Crippen molar-refractivity contribution < 1.29 is 4.39 Å². The number of fused-ring (bicyclic) bond motifs is 1. The van der Waals surface area contributed by atoms with Crippen LogP contribution < -0.4 is 10.9 Å². The summed E-state index contributed by atoms with van der Waals surface area (Å²) in [5.41, 5.74) is 1.41. The van der Waals surface area contributed by atoms with Gasteiger partial charge < -0.3 is 5.32 Å². The third-order valence-electron chi connectivity index (χ3n) is 3.97. The fraction of sp³-hybridized carbons (Fsp3) is 0. The van der Waals surface area contributed by atoms with Gasteiger partial charge in [0.15, 0.2) is 0 Å². The zero-order valence-electron chi connectivity index (χ0n) is 13.9. The molecule has 0 aliphatic heterocycles. The summed E-state index contributed by atoms with van der Waals surface area (Å²) in [7, 11) is 0. The van der Waals surface area contributed by atoms with Crippen molar-refractivity contribution in [1.29, 1.82) is 5.26 Å². The minimum Gasteiger partial charge on any atom is -0.324 e. The van der Waals surface area contributed by atoms with Crippen LogP contribution in [0, 0.1) is 17.1 Å². The van der Waals surface area contributed by atoms with E-state index in [1.807, 2.05) is 12.1 Å². The standard InChI is InChI=1S/C20H12FN5O/c21-14-9-15(12-23-11-14)24-20-25-18-7-6-13(10-22)8-17(18)19(27)26(20)16-4-2-1-3-5-16/h1-9,11-12H,(H,24,25). The molecule has 4 rings (SSSR count). The van der Waals surface area contributed by atoms with E-state index in [0.717, 1.165) is 6.20 Å². The minimum absolute atomic E-state index is 0.218. The first kappa shape index (κ1) is 16.4. The van der Waals surface area contributed by atoms with Crippen LogP contribution in [-0.2, 0) is 0 Å². The largest absolute Gasteiger partial charge is 0.324 e. The van der Waals surface area contributed by atoms with Crippen LogP contribution in [0.4, 0.5) is 16.0 Å². The number of anilines is 2. The van der Waals surface area contributed by atoms with Crippen LogP contribution in [0.2, 0.25) is 0 Å². The van der Waals surface area contributed by atoms with Gasteiger partial charge in [-0.1, -0.05) is 18.2 Å². The van der Waals surface area contributed by atoms with Gasteiger partial charge in [0.05, 0.1) is 46.3 Å². The second kappa shape index (κ2) is 6.69. The first-order chi connectivity index (χ1) is 13.2. The molecule has 0 aliphatic rings. The number of hydrogen-bond acceptors (Lipinski definition) is 5. The number of rotatable bonds is 3. The molecule has 0 bridgehead atoms. The van der Waals surface area contributed by atoms with E-state index in [-0.39, 0.29) is 11.5 Å². The third-order valence-corrected chi connectivity index (χ3v) is 3.97. The summed E-state index contributed by atoms with van der Waals surface area (Å²) < 4.78 is 14.9. The van der Waals surface area contributed by atoms with Crippen molar-refractivity contribution in [2.24, 2.45) is 0 Å². The summed E-state index contributed by atoms with van der Waals surface area (Å²) in [5.74, 6) is -0.288. The number of para-hydroxylation sites is 1. The van der Waals surface area contributed by atoms with Gasteiger partial charge in [0, 0.05) is 6.07 Å². The zero-order chi connectivity index (χ0) is 18.8. The summed E-state index contributed by atoms with van der Waals surface area (Å²) in [6.07, 6.45) is 2.53. The molecule has 6 nitrogen and oxygen atoms in total. The van der Waals surface area contributed by atoms with E-state index >= 15 is 0 Å². The number of nitrogens with zero attached hydrogens (tertiary/aromatic N) is 4. The van der Waals surface area contributed by atoms with Gasteiger partial charge in [-0.05, 0) is 30.3 Å². The molecule has 0 saturated heterocycles. The smallest absolute Gasteiger partial charge is 0.267 e. The van der Waals surface area contributed by atoms with E-state index in [9.17, 15) is 9.18 Å². The Labute approximate surface area is 153 Å². The lowest BCUT2D eigenvalue weighted by Gasteiger charge is -2.15. The number of hydrogen-bond donors (Lipinski definition) is 1. The number of aromatic nitrogens is 3. The molecular weight excluding hydrogens is 345 g/mol. The van der Waals surface area contributed by atoms with Gasteiger partial charge in [0.1, 0.15) is 5.82 Å². The summed E-state index contributed by atoms with van der Waals surface area (Å²) in [4.78, 5) is 21.5. The van der Waals surface area contributed by atoms with Gasteiger partial charge >= 0.3 is 0 Å². The van der Waals surface area contributed by atoms with Crippen molar-refractivity contribution in [3.8, 4) is 11.8 Å². The Morgan fingerprint density at radius 2 is 1.89 bits per heavy atom. The fourth-order valence-electron chi connectivity index (χ4n) is 2.76. The normalized spacial score (nSPS) is 10.5. The van der Waals surface area contributed by atoms with Gasteiger partial charge in [-0.3, -0.25) is 9.78 Å². The van der Waals surface area contributed by atoms with Crippen LogP contribution >= 0.6 is 0 Å². The van der Waals surface area contributed by atoms with Crippen molar-refractivity contribution in [3.05, 3.63) is 88.7 Å². The predicted molar refractivity (Wildman–Crippen MR) is 99.5 cm³/mol. The van der Waals surface area contributed by atoms with Crippen LogP contribution in [0.25, 0.3) is 16.6 Å². The molecule has 27 heavy (non-hydrogen) atoms. The summed E-state index contributed by atoms with van der Waals surface area (Å²) >= 11 is 0. The lowest BCUT2D eigenvalue weighted by molar-refractivity contribution is 0.622. The van der Waals surface area contributed by atoms with Gasteiger partial charge in [-0.15, -0.1) is 0 Å². The van der Waals surface area contributed by atoms with E-state index in [4.69, 9.17) is 5.26 Å². The SMILES string of the molecule is N#Cc1ccc2nc(Nc3cncc(F)c3)n(-c3ccccc3)c(=O)c2c1. The summed E-state index contributed by atoms with van der Waals surface area (Å²) in [6, 6.07) is 17.0. The average Bonchev–Trinajstić information content (AvgIpc) is 2.69. The van der Waals surface area contributed by atoms with Crippen LogP contribution in [0.5, 0.6) is 0 Å². The second-order valence-corrected chi connectivity index (χ2v) is 5.77. The second-order valence-electron chi connectivity index (χ2n) is 5.77. The molecule has 0 saturated carbocycles. The molecule has 0 fully saturated rings. The molecule has 0 aliphatic carbocycles. The third kappa shape index (κ3) is 3.12. The minimum atomic E-state index is -0.506. The average molecular weight is 357 g/mol. The molecule has 0 unspecified atom stereocenters. The summed E-state index contributed by atoms with van der Waals surface area (Å²) in [5, 5.41) is 12.4. The van der Waals surface area contributed by atoms with Crippen LogP contribution in [0.1, 0.15) is 5.56 Å². The number of nitriles is 1. The lowest BCUT2D eigenvalue weighted by atomic mass is 10.1. The fourth-order valence-corrected chi connectivity index (χ4v) is 2.76. The number of benzene rings is 2. The highest BCUT2D eigenvalue weighted by atomic mass is 19.1. The van der Waals surface area contributed by atoms with E-state index in [0.29, 0.717) is 27.8 Å². The van der Waals surface area contributed by atoms with Gasteiger partial charge in [-0.25, -0.2) is 13.9 Å². The van der Waals surface area contributed by atoms with Crippen molar-refractivity contribution in [2.75, 3.05) is 5.32 Å². The van der Waals surface area contributed by atoms with Gasteiger partial charge in [-0.2, -0.15) is 5.26 Å². The number of nitrogens with one attached hydrogen (secondary N) is 1. The lowest BCUT2D eigenvalue weighted by Crippen LogP contribution is -2.23. The highest BCUT2D eigenvalue weighted by Crippen LogP contribution is 2.20. The maximum Gasteiger partial charge on any atom is 0.267 e. The first-order valence-corrected chi connectivity index (χ1v) is 8.05. The van der Waals surface area contributed by atoms with Crippen LogP contribution in [-0.4, -0.2) is 14.5 Å². The number of halogens is 1. The Kier molecular flexibility index (Phi) is 4.07. The topological polar surface area (TPSA) is 83.6 Å². The van der Waals surface area contributed by atoms with E-state index < -0.39 is 5.82 Å². The van der Waals surface area contributed by atoms with Crippen LogP contribution in [0.3, 0.4) is 0 Å². The Hall–Kier alpha value is -4.05. The molecule has 0 atom stereocenters. The quantitative estimate of drug-likeness (QED) is 0.606. The maximum absolute atomic E-state index is 13.5. The Morgan fingerprint density at radius 3 is 2.63 bits per heavy atom. The van der Waals surface area contributed by atoms with Gasteiger partial charge in [0.25, 0.3) is 5.56 Å². The molecule has 130 valence electrons. The molecule has 4 aromatic rings. The summed E-state index contributed by atoms with van der Waals surface area (Å²) in [6.45, 7) is 0. The Morgan fingerprint density at radius 1 is 1.07 bits per heavy atom. The van der Waals surface area contributed by atoms with E-state index in [1.165, 1.54) is 22.9 Å². The van der Waals surface area contributed by atoms with Crippen molar-refractivity contribution in [3.63, 3.8) is 0 Å². The molecule has 7 heteroatoms. The van der Waals surface area contributed by atoms with Crippen molar-refractivity contribution >= 4 is 22.5 Å². The number of pyridine rings is 1. The zero-order valence-corrected chi connectivity index (χ0v) is 13.9. The molecule has 1 N–H and O–H groups in total. The van der Waals surface area contributed by atoms with Gasteiger partial charge in [0.2, 0.25) is 5.95 Å². The van der Waals surface area contributed by atoms with Crippen molar-refractivity contribution in [1.82, 2.24) is 14.5 Å². The van der Waals surface area contributed by atoms with Crippen LogP contribution in [0.15, 0.2) is 71.8 Å². The Bertz CT molecular complexity index is 1240. The first-order valence-electron chi connectivity index (χ1n) is 8.05. The maximum atomic E-state index is 13.5. The highest BCUT2D eigenvalue weighted by molar-refractivity contribution is 5.81. The monoisotopic (exact) mass is 357 g/mol. The molecule has 0 radical (unpaired) electrons. The molecule has 2 aromatic heterocycles. The van der Waals surface area contributed by atoms with E-state index in [2.05, 4.69) is 15.3 Å². The Balaban J connectivity index is 1.99. The molecular formula is C20H12FN5O. The van der Waals surface area contributed by atoms with Crippen molar-refractivity contribution in [2.45, 2.75) is 0 Å². The van der Waals surface area contributed by atoms with E-state index in [1.54, 1.807) is 36.4 Å². The highest BCUT2D eigenvalue weighted by Gasteiger charge is 2.14. The molecule has 0 amide bonds. The molecule has 0 spiro atoms. The molecule has 2 aromatic carbocycles.